The van der Waals surface area contributed by atoms with Crippen molar-refractivity contribution < 1.29 is 14.3 Å². The second-order valence-electron chi connectivity index (χ2n) is 6.87. The van der Waals surface area contributed by atoms with Gasteiger partial charge >= 0.3 is 0 Å². The summed E-state index contributed by atoms with van der Waals surface area (Å²) in [6, 6.07) is 7.78. The van der Waals surface area contributed by atoms with Gasteiger partial charge in [-0.15, -0.1) is 0 Å². The lowest BCUT2D eigenvalue weighted by molar-refractivity contribution is -0.132. The number of aromatic nitrogens is 2. The largest absolute Gasteiger partial charge is 0.496 e. The Morgan fingerprint density at radius 2 is 2.15 bits per heavy atom. The summed E-state index contributed by atoms with van der Waals surface area (Å²) in [5.74, 6) is 1.52. The number of para-hydroxylation sites is 1. The van der Waals surface area contributed by atoms with E-state index in [2.05, 4.69) is 4.98 Å². The maximum Gasteiger partial charge on any atom is 0.237 e. The van der Waals surface area contributed by atoms with Crippen molar-refractivity contribution in [3.63, 3.8) is 0 Å². The van der Waals surface area contributed by atoms with Crippen molar-refractivity contribution in [3.05, 3.63) is 48.0 Å². The number of amides is 2. The Morgan fingerprint density at radius 3 is 2.93 bits per heavy atom. The number of ether oxygens (including phenoxy) is 1. The third kappa shape index (κ3) is 4.67. The number of benzene rings is 1. The fourth-order valence-corrected chi connectivity index (χ4v) is 3.71. The summed E-state index contributed by atoms with van der Waals surface area (Å²) in [4.78, 5) is 30.3. The lowest BCUT2D eigenvalue weighted by Gasteiger charge is -2.32. The zero-order valence-electron chi connectivity index (χ0n) is 15.6. The molecule has 2 heterocycles. The van der Waals surface area contributed by atoms with Crippen LogP contribution in [-0.2, 0) is 22.6 Å². The number of rotatable bonds is 7. The minimum Gasteiger partial charge on any atom is -0.496 e. The molecule has 144 valence electrons. The molecule has 27 heavy (non-hydrogen) atoms. The molecule has 0 saturated carbocycles. The smallest absolute Gasteiger partial charge is 0.237 e. The first kappa shape index (κ1) is 18.9. The first-order chi connectivity index (χ1) is 13.1. The molecule has 1 aromatic carbocycles. The van der Waals surface area contributed by atoms with Crippen molar-refractivity contribution in [2.75, 3.05) is 20.2 Å². The van der Waals surface area contributed by atoms with Crippen LogP contribution in [0, 0.1) is 0 Å². The summed E-state index contributed by atoms with van der Waals surface area (Å²) >= 11 is 0. The monoisotopic (exact) mass is 370 g/mol. The molecule has 3 rings (SSSR count). The normalized spacial score (nSPS) is 16.9. The molecular weight excluding hydrogens is 344 g/mol. The topological polar surface area (TPSA) is 90.4 Å². The predicted octanol–water partition coefficient (Wildman–Crippen LogP) is 1.72. The number of piperidine rings is 1. The highest BCUT2D eigenvalue weighted by atomic mass is 16.5. The number of carbonyl (C=O) groups is 2. The van der Waals surface area contributed by atoms with E-state index in [0.29, 0.717) is 19.4 Å². The summed E-state index contributed by atoms with van der Waals surface area (Å²) in [6.07, 6.45) is 6.42. The fourth-order valence-electron chi connectivity index (χ4n) is 3.71. The Hall–Kier alpha value is -2.83. The molecule has 1 atom stereocenters. The van der Waals surface area contributed by atoms with Crippen molar-refractivity contribution in [2.45, 2.75) is 38.1 Å². The van der Waals surface area contributed by atoms with Crippen LogP contribution in [0.4, 0.5) is 0 Å². The van der Waals surface area contributed by atoms with Gasteiger partial charge < -0.3 is 19.9 Å². The van der Waals surface area contributed by atoms with Crippen LogP contribution in [0.3, 0.4) is 0 Å². The number of nitrogens with zero attached hydrogens (tertiary/aromatic N) is 3. The average molecular weight is 370 g/mol. The molecule has 0 aliphatic carbocycles. The van der Waals surface area contributed by atoms with Crippen LogP contribution in [-0.4, -0.2) is 46.5 Å². The number of aryl methyl sites for hydroxylation is 1. The van der Waals surface area contributed by atoms with E-state index in [1.54, 1.807) is 24.1 Å². The third-order valence-corrected chi connectivity index (χ3v) is 5.01. The highest BCUT2D eigenvalue weighted by molar-refractivity contribution is 5.76. The van der Waals surface area contributed by atoms with Gasteiger partial charge in [0, 0.05) is 37.8 Å². The van der Waals surface area contributed by atoms with Crippen molar-refractivity contribution in [3.8, 4) is 5.75 Å². The SMILES string of the molecule is COc1ccccc1CCC(=O)N1CCC[C@@H](c2nccn2CC(N)=O)C1. The van der Waals surface area contributed by atoms with Crippen molar-refractivity contribution in [1.29, 1.82) is 0 Å². The maximum atomic E-state index is 12.7. The number of hydrogen-bond donors (Lipinski definition) is 1. The Kier molecular flexibility index (Phi) is 6.11. The molecule has 1 saturated heterocycles. The number of carbonyl (C=O) groups excluding carboxylic acids is 2. The first-order valence-electron chi connectivity index (χ1n) is 9.27. The first-order valence-corrected chi connectivity index (χ1v) is 9.27. The standard InChI is InChI=1S/C20H26N4O3/c1-27-17-7-3-2-5-15(17)8-9-19(26)23-11-4-6-16(13-23)20-22-10-12-24(20)14-18(21)25/h2-3,5,7,10,12,16H,4,6,8-9,11,13-14H2,1H3,(H2,21,25)/t16-/m1/s1. The molecule has 0 spiro atoms. The summed E-state index contributed by atoms with van der Waals surface area (Å²) in [7, 11) is 1.64. The van der Waals surface area contributed by atoms with Crippen molar-refractivity contribution >= 4 is 11.8 Å². The molecule has 7 nitrogen and oxygen atoms in total. The number of methoxy groups -OCH3 is 1. The second kappa shape index (κ2) is 8.70. The van der Waals surface area contributed by atoms with Gasteiger partial charge in [-0.2, -0.15) is 0 Å². The van der Waals surface area contributed by atoms with E-state index < -0.39 is 5.91 Å². The zero-order chi connectivity index (χ0) is 19.2. The van der Waals surface area contributed by atoms with Gasteiger partial charge in [-0.25, -0.2) is 4.98 Å². The van der Waals surface area contributed by atoms with E-state index in [1.165, 1.54) is 0 Å². The molecule has 1 aromatic heterocycles. The van der Waals surface area contributed by atoms with E-state index in [1.807, 2.05) is 29.2 Å². The van der Waals surface area contributed by atoms with Gasteiger partial charge in [-0.1, -0.05) is 18.2 Å². The van der Waals surface area contributed by atoms with Crippen LogP contribution >= 0.6 is 0 Å². The zero-order valence-corrected chi connectivity index (χ0v) is 15.6. The van der Waals surface area contributed by atoms with Gasteiger partial charge in [0.05, 0.1) is 7.11 Å². The molecule has 2 amide bonds. The molecule has 7 heteroatoms. The van der Waals surface area contributed by atoms with Crippen LogP contribution in [0.2, 0.25) is 0 Å². The number of imidazole rings is 1. The third-order valence-electron chi connectivity index (χ3n) is 5.01. The van der Waals surface area contributed by atoms with E-state index in [9.17, 15) is 9.59 Å². The summed E-state index contributed by atoms with van der Waals surface area (Å²) in [6.45, 7) is 1.51. The van der Waals surface area contributed by atoms with E-state index in [4.69, 9.17) is 10.5 Å². The van der Waals surface area contributed by atoms with Crippen molar-refractivity contribution in [1.82, 2.24) is 14.5 Å². The quantitative estimate of drug-likeness (QED) is 0.803. The summed E-state index contributed by atoms with van der Waals surface area (Å²) in [5, 5.41) is 0. The number of likely N-dealkylation sites (tertiary alicyclic amines) is 1. The Labute approximate surface area is 159 Å². The van der Waals surface area contributed by atoms with E-state index in [0.717, 1.165) is 36.5 Å². The van der Waals surface area contributed by atoms with E-state index in [-0.39, 0.29) is 18.4 Å². The number of hydrogen-bond acceptors (Lipinski definition) is 4. The van der Waals surface area contributed by atoms with Crippen LogP contribution in [0.15, 0.2) is 36.7 Å². The Balaban J connectivity index is 1.61. The van der Waals surface area contributed by atoms with Crippen LogP contribution in [0.25, 0.3) is 0 Å². The van der Waals surface area contributed by atoms with Crippen LogP contribution in [0.1, 0.15) is 36.6 Å². The van der Waals surface area contributed by atoms with Crippen LogP contribution < -0.4 is 10.5 Å². The lowest BCUT2D eigenvalue weighted by atomic mass is 9.96. The van der Waals surface area contributed by atoms with Gasteiger partial charge in [0.25, 0.3) is 0 Å². The minimum atomic E-state index is -0.394. The van der Waals surface area contributed by atoms with Gasteiger partial charge in [0.2, 0.25) is 11.8 Å². The van der Waals surface area contributed by atoms with Gasteiger partial charge in [-0.05, 0) is 30.9 Å². The minimum absolute atomic E-state index is 0.119. The molecule has 0 bridgehead atoms. The van der Waals surface area contributed by atoms with Gasteiger partial charge in [0.1, 0.15) is 18.1 Å². The summed E-state index contributed by atoms with van der Waals surface area (Å²) < 4.78 is 7.15. The molecule has 1 aliphatic heterocycles. The molecule has 2 N–H and O–H groups in total. The van der Waals surface area contributed by atoms with Crippen LogP contribution in [0.5, 0.6) is 5.75 Å². The Bertz CT molecular complexity index is 802. The molecule has 0 unspecified atom stereocenters. The van der Waals surface area contributed by atoms with Crippen molar-refractivity contribution in [2.24, 2.45) is 5.73 Å². The number of primary amides is 1. The average Bonchev–Trinajstić information content (AvgIpc) is 3.13. The molecule has 2 aromatic rings. The highest BCUT2D eigenvalue weighted by Crippen LogP contribution is 2.27. The predicted molar refractivity (Wildman–Crippen MR) is 101 cm³/mol. The molecule has 0 radical (unpaired) electrons. The summed E-state index contributed by atoms with van der Waals surface area (Å²) in [5.41, 5.74) is 6.35. The van der Waals surface area contributed by atoms with E-state index >= 15 is 0 Å². The second-order valence-corrected chi connectivity index (χ2v) is 6.87. The lowest BCUT2D eigenvalue weighted by Crippen LogP contribution is -2.40. The fraction of sp³-hybridized carbons (Fsp3) is 0.450. The van der Waals surface area contributed by atoms with Gasteiger partial charge in [0.15, 0.2) is 0 Å². The Morgan fingerprint density at radius 1 is 1.33 bits per heavy atom. The molecule has 1 aliphatic rings. The highest BCUT2D eigenvalue weighted by Gasteiger charge is 2.27. The maximum absolute atomic E-state index is 12.7. The number of nitrogens with two attached hydrogens (primary N) is 1. The molecule has 1 fully saturated rings. The molecular formula is C20H26N4O3. The van der Waals surface area contributed by atoms with Gasteiger partial charge in [-0.3, -0.25) is 9.59 Å².